The number of fused-ring (bicyclic) bond motifs is 1. The smallest absolute Gasteiger partial charge is 0.175 e. The minimum absolute atomic E-state index is 0.266. The van der Waals surface area contributed by atoms with E-state index in [-0.39, 0.29) is 4.90 Å². The van der Waals surface area contributed by atoms with E-state index < -0.39 is 9.84 Å². The van der Waals surface area contributed by atoms with Gasteiger partial charge in [-0.1, -0.05) is 11.6 Å². The van der Waals surface area contributed by atoms with Gasteiger partial charge in [-0.2, -0.15) is 0 Å². The average molecular weight is 301 g/mol. The highest BCUT2D eigenvalue weighted by atomic mass is 32.2. The maximum absolute atomic E-state index is 11.6. The Balaban J connectivity index is 2.20. The van der Waals surface area contributed by atoms with Crippen molar-refractivity contribution in [3.63, 3.8) is 0 Å². The highest BCUT2D eigenvalue weighted by Crippen LogP contribution is 2.27. The van der Waals surface area contributed by atoms with Crippen LogP contribution in [-0.2, 0) is 9.84 Å². The van der Waals surface area contributed by atoms with Gasteiger partial charge in [0.05, 0.1) is 15.9 Å². The van der Waals surface area contributed by atoms with Gasteiger partial charge in [0.15, 0.2) is 9.84 Å². The number of nitrogens with two attached hydrogens (primary N) is 1. The number of hydrogen-bond donors (Lipinski definition) is 2. The molecule has 0 aliphatic heterocycles. The van der Waals surface area contributed by atoms with Crippen LogP contribution in [0, 0.1) is 6.92 Å². The second-order valence-corrected chi connectivity index (χ2v) is 7.14. The lowest BCUT2D eigenvalue weighted by atomic mass is 10.1. The van der Waals surface area contributed by atoms with Crippen LogP contribution in [0.1, 0.15) is 5.56 Å². The fourth-order valence-electron chi connectivity index (χ4n) is 2.22. The first-order chi connectivity index (χ1) is 9.84. The van der Waals surface area contributed by atoms with E-state index in [1.54, 1.807) is 18.2 Å². The van der Waals surface area contributed by atoms with Gasteiger partial charge in [0, 0.05) is 17.5 Å². The minimum Gasteiger partial charge on any atom is -0.398 e. The summed E-state index contributed by atoms with van der Waals surface area (Å²) in [5.74, 6) is 0.636. The SMILES string of the molecule is Cc1ccc(N)c(-c2nc3ccc(S(C)(=O)=O)cc3[nH]2)c1. The Bertz CT molecular complexity index is 943. The summed E-state index contributed by atoms with van der Waals surface area (Å²) in [6.45, 7) is 1.98. The van der Waals surface area contributed by atoms with Crippen molar-refractivity contribution in [3.05, 3.63) is 42.0 Å². The molecule has 0 spiro atoms. The van der Waals surface area contributed by atoms with Gasteiger partial charge >= 0.3 is 0 Å². The van der Waals surface area contributed by atoms with Gasteiger partial charge in [0.1, 0.15) is 5.82 Å². The molecule has 0 atom stereocenters. The van der Waals surface area contributed by atoms with Crippen LogP contribution in [-0.4, -0.2) is 24.6 Å². The van der Waals surface area contributed by atoms with Crippen molar-refractivity contribution < 1.29 is 8.42 Å². The lowest BCUT2D eigenvalue weighted by Crippen LogP contribution is -1.96. The summed E-state index contributed by atoms with van der Waals surface area (Å²) in [5, 5.41) is 0. The number of hydrogen-bond acceptors (Lipinski definition) is 4. The fraction of sp³-hybridized carbons (Fsp3) is 0.133. The highest BCUT2D eigenvalue weighted by Gasteiger charge is 2.12. The molecule has 0 unspecified atom stereocenters. The van der Waals surface area contributed by atoms with Gasteiger partial charge in [0.25, 0.3) is 0 Å². The molecule has 0 fully saturated rings. The predicted molar refractivity (Wildman–Crippen MR) is 83.8 cm³/mol. The van der Waals surface area contributed by atoms with E-state index in [1.165, 1.54) is 6.26 Å². The first kappa shape index (κ1) is 13.6. The number of nitrogens with zero attached hydrogens (tertiary/aromatic N) is 1. The van der Waals surface area contributed by atoms with Crippen molar-refractivity contribution in [2.75, 3.05) is 12.0 Å². The summed E-state index contributed by atoms with van der Waals surface area (Å²) in [7, 11) is -3.24. The molecule has 21 heavy (non-hydrogen) atoms. The predicted octanol–water partition coefficient (Wildman–Crippen LogP) is 2.52. The number of sulfone groups is 1. The van der Waals surface area contributed by atoms with Crippen molar-refractivity contribution in [3.8, 4) is 11.4 Å². The molecule has 0 aliphatic rings. The first-order valence-electron chi connectivity index (χ1n) is 6.41. The van der Waals surface area contributed by atoms with E-state index in [0.717, 1.165) is 11.1 Å². The molecule has 0 radical (unpaired) electrons. The van der Waals surface area contributed by atoms with Crippen LogP contribution in [0.4, 0.5) is 5.69 Å². The maximum atomic E-state index is 11.6. The Hall–Kier alpha value is -2.34. The molecular formula is C15H15N3O2S. The van der Waals surface area contributed by atoms with E-state index in [1.807, 2.05) is 25.1 Å². The van der Waals surface area contributed by atoms with Gasteiger partial charge in [-0.25, -0.2) is 13.4 Å². The third-order valence-corrected chi connectivity index (χ3v) is 4.46. The molecule has 1 heterocycles. The number of imidazole rings is 1. The molecule has 6 heteroatoms. The van der Waals surface area contributed by atoms with Crippen LogP contribution in [0.2, 0.25) is 0 Å². The molecule has 0 bridgehead atoms. The molecular weight excluding hydrogens is 286 g/mol. The van der Waals surface area contributed by atoms with Crippen LogP contribution < -0.4 is 5.73 Å². The Morgan fingerprint density at radius 2 is 1.90 bits per heavy atom. The molecule has 0 saturated carbocycles. The van der Waals surface area contributed by atoms with Crippen molar-refractivity contribution in [2.45, 2.75) is 11.8 Å². The Labute approximate surface area is 122 Å². The number of H-pyrrole nitrogens is 1. The molecule has 5 nitrogen and oxygen atoms in total. The standard InChI is InChI=1S/C15H15N3O2S/c1-9-3-5-12(16)11(7-9)15-17-13-6-4-10(21(2,19)20)8-14(13)18-15/h3-8H,16H2,1-2H3,(H,17,18). The zero-order chi connectivity index (χ0) is 15.2. The lowest BCUT2D eigenvalue weighted by Gasteiger charge is -2.03. The number of aromatic nitrogens is 2. The molecule has 2 aromatic carbocycles. The number of rotatable bonds is 2. The topological polar surface area (TPSA) is 88.8 Å². The first-order valence-corrected chi connectivity index (χ1v) is 8.30. The van der Waals surface area contributed by atoms with Crippen LogP contribution >= 0.6 is 0 Å². The molecule has 0 amide bonds. The van der Waals surface area contributed by atoms with Gasteiger partial charge in [-0.05, 0) is 37.3 Å². The summed E-state index contributed by atoms with van der Waals surface area (Å²) >= 11 is 0. The molecule has 3 rings (SSSR count). The largest absolute Gasteiger partial charge is 0.398 e. The Kier molecular flexibility index (Phi) is 2.98. The third-order valence-electron chi connectivity index (χ3n) is 3.35. The van der Waals surface area contributed by atoms with Gasteiger partial charge in [-0.15, -0.1) is 0 Å². The van der Waals surface area contributed by atoms with Crippen molar-refractivity contribution in [2.24, 2.45) is 0 Å². The number of benzene rings is 2. The van der Waals surface area contributed by atoms with Crippen molar-refractivity contribution in [1.29, 1.82) is 0 Å². The molecule has 3 N–H and O–H groups in total. The zero-order valence-electron chi connectivity index (χ0n) is 11.7. The Morgan fingerprint density at radius 1 is 1.14 bits per heavy atom. The van der Waals surface area contributed by atoms with Crippen LogP contribution in [0.15, 0.2) is 41.3 Å². The number of aromatic amines is 1. The molecule has 0 saturated heterocycles. The van der Waals surface area contributed by atoms with E-state index in [2.05, 4.69) is 9.97 Å². The van der Waals surface area contributed by atoms with Gasteiger partial charge in [-0.3, -0.25) is 0 Å². The summed E-state index contributed by atoms with van der Waals surface area (Å²) in [6, 6.07) is 10.6. The van der Waals surface area contributed by atoms with Crippen LogP contribution in [0.5, 0.6) is 0 Å². The maximum Gasteiger partial charge on any atom is 0.175 e. The van der Waals surface area contributed by atoms with Gasteiger partial charge < -0.3 is 10.7 Å². The molecule has 3 aromatic rings. The lowest BCUT2D eigenvalue weighted by molar-refractivity contribution is 0.602. The second kappa shape index (κ2) is 4.60. The highest BCUT2D eigenvalue weighted by molar-refractivity contribution is 7.90. The number of anilines is 1. The summed E-state index contributed by atoms with van der Waals surface area (Å²) in [6.07, 6.45) is 1.18. The summed E-state index contributed by atoms with van der Waals surface area (Å²) < 4.78 is 23.2. The monoisotopic (exact) mass is 301 g/mol. The second-order valence-electron chi connectivity index (χ2n) is 5.13. The molecule has 108 valence electrons. The number of nitrogens with one attached hydrogen (secondary N) is 1. The van der Waals surface area contributed by atoms with Crippen LogP contribution in [0.25, 0.3) is 22.4 Å². The average Bonchev–Trinajstić information content (AvgIpc) is 2.83. The van der Waals surface area contributed by atoms with E-state index in [4.69, 9.17) is 5.73 Å². The normalized spacial score (nSPS) is 11.9. The van der Waals surface area contributed by atoms with Gasteiger partial charge in [0.2, 0.25) is 0 Å². The quantitative estimate of drug-likeness (QED) is 0.712. The fourth-order valence-corrected chi connectivity index (χ4v) is 2.87. The van der Waals surface area contributed by atoms with Crippen molar-refractivity contribution >= 4 is 26.6 Å². The summed E-state index contributed by atoms with van der Waals surface area (Å²) in [5.41, 5.74) is 9.89. The summed E-state index contributed by atoms with van der Waals surface area (Å²) in [4.78, 5) is 7.88. The van der Waals surface area contributed by atoms with E-state index in [9.17, 15) is 8.42 Å². The molecule has 0 aliphatic carbocycles. The number of aryl methyl sites for hydroxylation is 1. The van der Waals surface area contributed by atoms with Crippen molar-refractivity contribution in [1.82, 2.24) is 9.97 Å². The van der Waals surface area contributed by atoms with Crippen LogP contribution in [0.3, 0.4) is 0 Å². The molecule has 1 aromatic heterocycles. The minimum atomic E-state index is -3.24. The zero-order valence-corrected chi connectivity index (χ0v) is 12.5. The Morgan fingerprint density at radius 3 is 2.62 bits per heavy atom. The van der Waals surface area contributed by atoms with E-state index in [0.29, 0.717) is 22.5 Å². The van der Waals surface area contributed by atoms with E-state index >= 15 is 0 Å². The third kappa shape index (κ3) is 2.50. The number of nitrogen functional groups attached to an aromatic ring is 1.